The molecular weight excluding hydrogens is 568 g/mol. The molecule has 1 atom stereocenters. The number of hydrogen-bond donors (Lipinski definition) is 2. The van der Waals surface area contributed by atoms with E-state index in [-0.39, 0.29) is 29.2 Å². The van der Waals surface area contributed by atoms with Crippen molar-refractivity contribution in [3.05, 3.63) is 114 Å². The van der Waals surface area contributed by atoms with Gasteiger partial charge in [0, 0.05) is 12.0 Å². The standard InChI is InChI=1S/C30H21F6NO5/c31-29(32,33)22-9-15-24(16-10-22)41-23-11-7-21(8-12-23)27(38)37-26(28(39)40)17-18-1-3-19(4-2-18)20-5-13-25(14-6-20)42-30(34,35)36/h1-16,26H,17H2,(H,37,38)(H,39,40). The lowest BCUT2D eigenvalue weighted by atomic mass is 10.0. The van der Waals surface area contributed by atoms with Crippen molar-refractivity contribution in [1.29, 1.82) is 0 Å². The third-order valence-electron chi connectivity index (χ3n) is 5.95. The zero-order valence-corrected chi connectivity index (χ0v) is 21.4. The molecule has 2 N–H and O–H groups in total. The van der Waals surface area contributed by atoms with Gasteiger partial charge < -0.3 is 19.9 Å². The fourth-order valence-corrected chi connectivity index (χ4v) is 3.88. The van der Waals surface area contributed by atoms with Gasteiger partial charge in [-0.25, -0.2) is 4.79 Å². The van der Waals surface area contributed by atoms with Gasteiger partial charge in [0.15, 0.2) is 0 Å². The molecule has 42 heavy (non-hydrogen) atoms. The zero-order chi connectivity index (χ0) is 30.5. The molecule has 0 spiro atoms. The van der Waals surface area contributed by atoms with E-state index in [2.05, 4.69) is 10.1 Å². The van der Waals surface area contributed by atoms with Crippen LogP contribution in [-0.4, -0.2) is 29.4 Å². The van der Waals surface area contributed by atoms with E-state index in [0.29, 0.717) is 16.7 Å². The Bertz CT molecular complexity index is 1520. The van der Waals surface area contributed by atoms with Crippen molar-refractivity contribution >= 4 is 11.9 Å². The molecule has 0 heterocycles. The van der Waals surface area contributed by atoms with Crippen LogP contribution in [0.15, 0.2) is 97.1 Å². The maximum absolute atomic E-state index is 12.7. The molecule has 0 saturated carbocycles. The van der Waals surface area contributed by atoms with Crippen molar-refractivity contribution in [3.63, 3.8) is 0 Å². The Kier molecular flexibility index (Phi) is 8.74. The SMILES string of the molecule is O=C(NC(Cc1ccc(-c2ccc(OC(F)(F)F)cc2)cc1)C(=O)O)c1ccc(Oc2ccc(C(F)(F)F)cc2)cc1. The fourth-order valence-electron chi connectivity index (χ4n) is 3.88. The Morgan fingerprint density at radius 1 is 0.690 bits per heavy atom. The highest BCUT2D eigenvalue weighted by molar-refractivity contribution is 5.96. The van der Waals surface area contributed by atoms with Crippen molar-refractivity contribution in [2.24, 2.45) is 0 Å². The molecule has 0 saturated heterocycles. The monoisotopic (exact) mass is 589 g/mol. The minimum atomic E-state index is -4.80. The predicted octanol–water partition coefficient (Wildman–Crippen LogP) is 7.49. The van der Waals surface area contributed by atoms with Crippen LogP contribution >= 0.6 is 0 Å². The number of aliphatic carboxylic acids is 1. The summed E-state index contributed by atoms with van der Waals surface area (Å²) in [5, 5.41) is 12.1. The molecule has 0 bridgehead atoms. The minimum Gasteiger partial charge on any atom is -0.480 e. The molecule has 0 aliphatic carbocycles. The summed E-state index contributed by atoms with van der Waals surface area (Å²) in [6.45, 7) is 0. The number of carboxylic acid groups (broad SMARTS) is 1. The Balaban J connectivity index is 1.35. The number of rotatable bonds is 9. The first-order chi connectivity index (χ1) is 19.8. The zero-order valence-electron chi connectivity index (χ0n) is 21.4. The van der Waals surface area contributed by atoms with Gasteiger partial charge in [-0.2, -0.15) is 13.2 Å². The van der Waals surface area contributed by atoms with E-state index in [9.17, 15) is 41.0 Å². The number of carbonyl (C=O) groups is 2. The number of benzene rings is 4. The largest absolute Gasteiger partial charge is 0.573 e. The molecular formula is C30H21F6NO5. The van der Waals surface area contributed by atoms with E-state index >= 15 is 0 Å². The van der Waals surface area contributed by atoms with Gasteiger partial charge in [0.1, 0.15) is 23.3 Å². The van der Waals surface area contributed by atoms with E-state index < -0.39 is 36.0 Å². The second-order valence-corrected chi connectivity index (χ2v) is 8.99. The first kappa shape index (κ1) is 30.0. The van der Waals surface area contributed by atoms with E-state index in [1.54, 1.807) is 24.3 Å². The molecule has 0 radical (unpaired) electrons. The third kappa shape index (κ3) is 8.26. The van der Waals surface area contributed by atoms with Crippen LogP contribution in [0.1, 0.15) is 21.5 Å². The van der Waals surface area contributed by atoms with E-state index in [1.165, 1.54) is 48.5 Å². The molecule has 0 fully saturated rings. The molecule has 12 heteroatoms. The van der Waals surface area contributed by atoms with Crippen LogP contribution in [0, 0.1) is 0 Å². The number of alkyl halides is 6. The fraction of sp³-hybridized carbons (Fsp3) is 0.133. The maximum Gasteiger partial charge on any atom is 0.573 e. The molecule has 218 valence electrons. The Morgan fingerprint density at radius 2 is 1.17 bits per heavy atom. The van der Waals surface area contributed by atoms with Crippen LogP contribution in [0.2, 0.25) is 0 Å². The normalized spacial score (nSPS) is 12.3. The summed E-state index contributed by atoms with van der Waals surface area (Å²) in [4.78, 5) is 24.5. The van der Waals surface area contributed by atoms with Gasteiger partial charge in [-0.05, 0) is 77.4 Å². The summed E-state index contributed by atoms with van der Waals surface area (Å²) < 4.78 is 84.6. The Morgan fingerprint density at radius 3 is 1.64 bits per heavy atom. The van der Waals surface area contributed by atoms with Gasteiger partial charge in [-0.1, -0.05) is 36.4 Å². The van der Waals surface area contributed by atoms with Crippen molar-refractivity contribution < 1.29 is 50.5 Å². The van der Waals surface area contributed by atoms with Crippen LogP contribution in [-0.2, 0) is 17.4 Å². The second kappa shape index (κ2) is 12.2. The van der Waals surface area contributed by atoms with Crippen molar-refractivity contribution in [1.82, 2.24) is 5.32 Å². The molecule has 4 rings (SSSR count). The van der Waals surface area contributed by atoms with Gasteiger partial charge in [0.05, 0.1) is 5.56 Å². The van der Waals surface area contributed by atoms with Crippen LogP contribution in [0.4, 0.5) is 26.3 Å². The van der Waals surface area contributed by atoms with Gasteiger partial charge in [-0.15, -0.1) is 13.2 Å². The highest BCUT2D eigenvalue weighted by atomic mass is 19.4. The van der Waals surface area contributed by atoms with Crippen molar-refractivity contribution in [2.75, 3.05) is 0 Å². The number of halogens is 6. The molecule has 4 aromatic rings. The first-order valence-corrected chi connectivity index (χ1v) is 12.2. The Labute approximate surface area is 235 Å². The minimum absolute atomic E-state index is 0.0468. The van der Waals surface area contributed by atoms with E-state index in [4.69, 9.17) is 4.74 Å². The molecule has 6 nitrogen and oxygen atoms in total. The molecule has 4 aromatic carbocycles. The highest BCUT2D eigenvalue weighted by Crippen LogP contribution is 2.31. The molecule has 1 unspecified atom stereocenters. The van der Waals surface area contributed by atoms with Crippen LogP contribution in [0.25, 0.3) is 11.1 Å². The van der Waals surface area contributed by atoms with Gasteiger partial charge in [0.2, 0.25) is 0 Å². The number of nitrogens with one attached hydrogen (secondary N) is 1. The lowest BCUT2D eigenvalue weighted by Gasteiger charge is -2.15. The molecule has 0 aliphatic heterocycles. The smallest absolute Gasteiger partial charge is 0.480 e. The van der Waals surface area contributed by atoms with Crippen LogP contribution in [0.5, 0.6) is 17.2 Å². The quantitative estimate of drug-likeness (QED) is 0.198. The Hall–Kier alpha value is -5.00. The maximum atomic E-state index is 12.7. The first-order valence-electron chi connectivity index (χ1n) is 12.2. The van der Waals surface area contributed by atoms with Gasteiger partial charge in [0.25, 0.3) is 5.91 Å². The average molecular weight is 589 g/mol. The van der Waals surface area contributed by atoms with E-state index in [0.717, 1.165) is 24.3 Å². The van der Waals surface area contributed by atoms with Gasteiger partial charge in [-0.3, -0.25) is 4.79 Å². The van der Waals surface area contributed by atoms with Crippen LogP contribution < -0.4 is 14.8 Å². The summed E-state index contributed by atoms with van der Waals surface area (Å²) in [6, 6.07) is 20.3. The number of ether oxygens (including phenoxy) is 2. The lowest BCUT2D eigenvalue weighted by molar-refractivity contribution is -0.274. The number of carboxylic acids is 1. The lowest BCUT2D eigenvalue weighted by Crippen LogP contribution is -2.42. The molecule has 0 aromatic heterocycles. The molecule has 0 aliphatic rings. The second-order valence-electron chi connectivity index (χ2n) is 8.99. The van der Waals surface area contributed by atoms with Crippen molar-refractivity contribution in [3.8, 4) is 28.4 Å². The number of hydrogen-bond acceptors (Lipinski definition) is 4. The summed E-state index contributed by atoms with van der Waals surface area (Å²) in [7, 11) is 0. The predicted molar refractivity (Wildman–Crippen MR) is 139 cm³/mol. The van der Waals surface area contributed by atoms with Crippen LogP contribution in [0.3, 0.4) is 0 Å². The van der Waals surface area contributed by atoms with Gasteiger partial charge >= 0.3 is 18.5 Å². The van der Waals surface area contributed by atoms with E-state index in [1.807, 2.05) is 0 Å². The number of carbonyl (C=O) groups excluding carboxylic acids is 1. The molecule has 1 amide bonds. The third-order valence-corrected chi connectivity index (χ3v) is 5.95. The topological polar surface area (TPSA) is 84.9 Å². The summed E-state index contributed by atoms with van der Waals surface area (Å²) in [5.74, 6) is -1.88. The summed E-state index contributed by atoms with van der Waals surface area (Å²) in [6.07, 6.45) is -9.32. The highest BCUT2D eigenvalue weighted by Gasteiger charge is 2.31. The summed E-state index contributed by atoms with van der Waals surface area (Å²) >= 11 is 0. The summed E-state index contributed by atoms with van der Waals surface area (Å²) in [5.41, 5.74) is 1.19. The van der Waals surface area contributed by atoms with Crippen molar-refractivity contribution in [2.45, 2.75) is 25.0 Å². The average Bonchev–Trinajstić information content (AvgIpc) is 2.93. The number of amides is 1.